The van der Waals surface area contributed by atoms with Crippen molar-refractivity contribution in [1.29, 1.82) is 0 Å². The Labute approximate surface area is 574 Å². The van der Waals surface area contributed by atoms with Crippen LogP contribution >= 0.6 is 0 Å². The van der Waals surface area contributed by atoms with Gasteiger partial charge in [-0.1, -0.05) is 0 Å². The summed E-state index contributed by atoms with van der Waals surface area (Å²) in [6.07, 6.45) is -1.54. The lowest BCUT2D eigenvalue weighted by molar-refractivity contribution is -0.142. The number of carbonyl (C=O) groups excluding carboxylic acids is 11. The Morgan fingerprint density at radius 1 is 0.404 bits per heavy atom. The Hall–Kier alpha value is -9.68. The summed E-state index contributed by atoms with van der Waals surface area (Å²) in [5.41, 5.74) is 78.2. The molecule has 42 heteroatoms. The van der Waals surface area contributed by atoms with Gasteiger partial charge in [0.15, 0.2) is 29.8 Å². The molecule has 0 radical (unpaired) electrons. The first kappa shape index (κ1) is 87.3. The number of primary amides is 1. The number of rotatable bonds is 50. The average Bonchev–Trinajstić information content (AvgIpc) is 1.74. The van der Waals surface area contributed by atoms with E-state index in [1.54, 1.807) is 0 Å². The molecule has 0 unspecified atom stereocenters. The molecule has 99 heavy (non-hydrogen) atoms. The molecule has 1 aliphatic rings. The monoisotopic (exact) mass is 1410 g/mol. The molecular formula is C57H111N29O13. The van der Waals surface area contributed by atoms with Gasteiger partial charge < -0.3 is 143 Å². The number of nitrogens with two attached hydrogens (primary N) is 14. The molecule has 0 aromatic rings. The lowest BCUT2D eigenvalue weighted by atomic mass is 10.0. The van der Waals surface area contributed by atoms with Crippen molar-refractivity contribution in [1.82, 2.24) is 52.8 Å². The maximum absolute atomic E-state index is 14.7. The SMILES string of the molecule is C[C@@H](O)[C@H](N)C(=O)N1CCC[C@H]1C(=O)N[C@@H](CCCN=C(N)N)C(=O)N[C@H](C(=O)N[C@@H](CCCN=C(N)N)C(=O)N[C@@H](CCCN=C(N)N)C(=O)N[C@@H](CCCN=C(N)N)C(=O)N[C@@H](CCCCN)C(=O)N[C@@H](CCCCN)C(=O)N[C@@H](CCCN=C(N)N)C(=O)NCC(N)=O)[C@@H](C)O. The van der Waals surface area contributed by atoms with Crippen LogP contribution in [-0.4, -0.2) is 241 Å². The highest BCUT2D eigenvalue weighted by Crippen LogP contribution is 2.20. The second-order valence-electron chi connectivity index (χ2n) is 23.6. The summed E-state index contributed by atoms with van der Waals surface area (Å²) in [6, 6.07) is -14.4. The number of hydrogen-bond acceptors (Lipinski definition) is 21. The lowest BCUT2D eigenvalue weighted by Gasteiger charge is -2.30. The van der Waals surface area contributed by atoms with Crippen LogP contribution in [0.4, 0.5) is 0 Å². The van der Waals surface area contributed by atoms with Gasteiger partial charge in [0.1, 0.15) is 60.4 Å². The highest BCUT2D eigenvalue weighted by molar-refractivity contribution is 5.99. The van der Waals surface area contributed by atoms with Gasteiger partial charge in [-0.25, -0.2) is 0 Å². The van der Waals surface area contributed by atoms with Crippen LogP contribution in [-0.2, 0) is 52.7 Å². The summed E-state index contributed by atoms with van der Waals surface area (Å²) in [5, 5.41) is 44.3. The summed E-state index contributed by atoms with van der Waals surface area (Å²) in [5.74, 6) is -11.2. The summed E-state index contributed by atoms with van der Waals surface area (Å²) < 4.78 is 0. The van der Waals surface area contributed by atoms with Crippen molar-refractivity contribution in [2.75, 3.05) is 58.9 Å². The molecule has 1 aliphatic heterocycles. The van der Waals surface area contributed by atoms with Gasteiger partial charge in [-0.15, -0.1) is 0 Å². The van der Waals surface area contributed by atoms with Crippen LogP contribution in [0.2, 0.25) is 0 Å². The predicted octanol–water partition coefficient (Wildman–Crippen LogP) is -11.9. The maximum Gasteiger partial charge on any atom is 0.245 e. The van der Waals surface area contributed by atoms with Crippen molar-refractivity contribution in [3.05, 3.63) is 0 Å². The van der Waals surface area contributed by atoms with Crippen molar-refractivity contribution < 1.29 is 63.0 Å². The number of nitrogens with zero attached hydrogens (tertiary/aromatic N) is 6. The first-order chi connectivity index (χ1) is 46.7. The number of nitrogens with one attached hydrogen (secondary N) is 9. The molecule has 0 aromatic heterocycles. The van der Waals surface area contributed by atoms with Crippen LogP contribution in [0.1, 0.15) is 129 Å². The molecule has 39 N–H and O–H groups in total. The number of hydrogen-bond donors (Lipinski definition) is 25. The molecule has 11 amide bonds. The Kier molecular flexibility index (Phi) is 42.4. The van der Waals surface area contributed by atoms with E-state index in [2.05, 4.69) is 72.8 Å². The number of aliphatic hydroxyl groups is 2. The molecule has 0 aromatic carbocycles. The molecule has 0 bridgehead atoms. The number of carbonyl (C=O) groups is 11. The van der Waals surface area contributed by atoms with E-state index in [-0.39, 0.29) is 172 Å². The van der Waals surface area contributed by atoms with E-state index >= 15 is 0 Å². The number of aliphatic imine (C=N–C) groups is 5. The molecule has 0 aliphatic carbocycles. The first-order valence-corrected chi connectivity index (χ1v) is 32.8. The van der Waals surface area contributed by atoms with E-state index in [1.165, 1.54) is 11.8 Å². The largest absolute Gasteiger partial charge is 0.391 e. The molecule has 1 fully saturated rings. The van der Waals surface area contributed by atoms with Gasteiger partial charge in [0, 0.05) is 39.3 Å². The number of unbranched alkanes of at least 4 members (excludes halogenated alkanes) is 2. The van der Waals surface area contributed by atoms with Gasteiger partial charge in [0.25, 0.3) is 0 Å². The minimum Gasteiger partial charge on any atom is -0.391 e. The third-order valence-corrected chi connectivity index (χ3v) is 15.2. The normalized spacial score (nSPS) is 15.8. The fourth-order valence-corrected chi connectivity index (χ4v) is 9.93. The summed E-state index contributed by atoms with van der Waals surface area (Å²) in [7, 11) is 0. The Balaban J connectivity index is 3.86. The van der Waals surface area contributed by atoms with Gasteiger partial charge in [-0.2, -0.15) is 0 Å². The number of aliphatic hydroxyl groups excluding tert-OH is 2. The fourth-order valence-electron chi connectivity index (χ4n) is 9.93. The first-order valence-electron chi connectivity index (χ1n) is 32.8. The van der Waals surface area contributed by atoms with Gasteiger partial charge in [-0.05, 0) is 143 Å². The molecule has 1 saturated heterocycles. The Bertz CT molecular complexity index is 2750. The highest BCUT2D eigenvalue weighted by Gasteiger charge is 2.40. The zero-order chi connectivity index (χ0) is 74.7. The minimum atomic E-state index is -1.84. The van der Waals surface area contributed by atoms with E-state index < -0.39 is 144 Å². The molecule has 12 atom stereocenters. The Morgan fingerprint density at radius 2 is 0.697 bits per heavy atom. The zero-order valence-electron chi connectivity index (χ0n) is 56.7. The predicted molar refractivity (Wildman–Crippen MR) is 369 cm³/mol. The quantitative estimate of drug-likeness (QED) is 0.0153. The molecule has 562 valence electrons. The fraction of sp³-hybridized carbons (Fsp3) is 0.719. The number of likely N-dealkylation sites (tertiary alicyclic amines) is 1. The van der Waals surface area contributed by atoms with Crippen LogP contribution in [0, 0.1) is 0 Å². The van der Waals surface area contributed by atoms with Crippen molar-refractivity contribution in [3.8, 4) is 0 Å². The van der Waals surface area contributed by atoms with Crippen LogP contribution in [0.25, 0.3) is 0 Å². The second-order valence-corrected chi connectivity index (χ2v) is 23.6. The lowest BCUT2D eigenvalue weighted by Crippen LogP contribution is -2.62. The number of amides is 11. The van der Waals surface area contributed by atoms with Crippen molar-refractivity contribution >= 4 is 94.8 Å². The Morgan fingerprint density at radius 3 is 0.990 bits per heavy atom. The summed E-state index contributed by atoms with van der Waals surface area (Å²) in [4.78, 5) is 174. The molecule has 1 rings (SSSR count). The van der Waals surface area contributed by atoms with Crippen LogP contribution in [0.15, 0.2) is 25.0 Å². The van der Waals surface area contributed by atoms with E-state index in [9.17, 15) is 63.0 Å². The van der Waals surface area contributed by atoms with E-state index in [1.807, 2.05) is 0 Å². The van der Waals surface area contributed by atoms with Crippen LogP contribution < -0.4 is 128 Å². The average molecular weight is 1410 g/mol. The maximum atomic E-state index is 14.7. The van der Waals surface area contributed by atoms with Crippen LogP contribution in [0.3, 0.4) is 0 Å². The van der Waals surface area contributed by atoms with Crippen LogP contribution in [0.5, 0.6) is 0 Å². The topological polar surface area (TPSA) is 766 Å². The molecular weight excluding hydrogens is 1300 g/mol. The number of guanidine groups is 5. The molecule has 1 heterocycles. The summed E-state index contributed by atoms with van der Waals surface area (Å²) in [6.45, 7) is 2.31. The third kappa shape index (κ3) is 36.5. The van der Waals surface area contributed by atoms with Crippen molar-refractivity contribution in [2.45, 2.75) is 202 Å². The smallest absolute Gasteiger partial charge is 0.245 e. The van der Waals surface area contributed by atoms with Crippen molar-refractivity contribution in [2.24, 2.45) is 105 Å². The molecule has 42 nitrogen and oxygen atoms in total. The van der Waals surface area contributed by atoms with Gasteiger partial charge in [-0.3, -0.25) is 77.7 Å². The van der Waals surface area contributed by atoms with E-state index in [0.717, 1.165) is 6.92 Å². The van der Waals surface area contributed by atoms with Gasteiger partial charge in [0.05, 0.1) is 18.8 Å². The third-order valence-electron chi connectivity index (χ3n) is 15.2. The highest BCUT2D eigenvalue weighted by atomic mass is 16.3. The molecule has 0 saturated carbocycles. The second kappa shape index (κ2) is 48.1. The van der Waals surface area contributed by atoms with Gasteiger partial charge >= 0.3 is 0 Å². The molecule has 0 spiro atoms. The van der Waals surface area contributed by atoms with Crippen molar-refractivity contribution in [3.63, 3.8) is 0 Å². The minimum absolute atomic E-state index is 0.000658. The van der Waals surface area contributed by atoms with E-state index in [0.29, 0.717) is 25.7 Å². The standard InChI is InChI=1S/C57H111N29O13/c1-30(87)41(61)52(99)86-28-12-20-39(86)50(97)83-38(19-11-27-76-57(70)71)49(96)85-42(31(2)88)51(98)84-37(18-10-26-75-56(68)69)48(95)82-36(17-9-25-74-55(66)67)47(94)81-35(16-8-24-73-54(64)65)46(93)80-34(14-4-6-22-59)45(92)79-33(13-3-5-21-58)44(91)78-32(15-7-23-72-53(62)63)43(90)77-29-40(60)89/h30-39,41-42,87-88H,3-29,58-59,61H2,1-2H3,(H2,60,89)(H,77,90)(H,78,91)(H,79,92)(H,80,93)(H,81,94)(H,82,95)(H,83,97)(H,84,98)(H,85,96)(H4,62,63,72)(H4,64,65,73)(H4,66,67,74)(H4,68,69,75)(H4,70,71,76)/t30-,31-,32+,33+,34+,35+,36+,37+,38+,39+,41+,42+/m1/s1. The van der Waals surface area contributed by atoms with Gasteiger partial charge in [0.2, 0.25) is 65.0 Å². The van der Waals surface area contributed by atoms with E-state index in [4.69, 9.17) is 80.3 Å². The summed E-state index contributed by atoms with van der Waals surface area (Å²) >= 11 is 0. The zero-order valence-corrected chi connectivity index (χ0v) is 56.7.